The van der Waals surface area contributed by atoms with Gasteiger partial charge in [0.25, 0.3) is 0 Å². The summed E-state index contributed by atoms with van der Waals surface area (Å²) < 4.78 is 0. The monoisotopic (exact) mass is 307 g/mol. The van der Waals surface area contributed by atoms with E-state index in [0.717, 1.165) is 0 Å². The van der Waals surface area contributed by atoms with Gasteiger partial charge >= 0.3 is 0 Å². The fraction of sp³-hybridized carbons (Fsp3) is 0. The summed E-state index contributed by atoms with van der Waals surface area (Å²) in [7, 11) is 0. The van der Waals surface area contributed by atoms with Gasteiger partial charge in [-0.2, -0.15) is 0 Å². The minimum atomic E-state index is 0. The SMILES string of the molecule is Br.[Au].[CH3-].[CH3-]. The van der Waals surface area contributed by atoms with E-state index in [2.05, 4.69) is 0 Å². The first kappa shape index (κ1) is 62.4. The summed E-state index contributed by atoms with van der Waals surface area (Å²) in [6, 6.07) is 0. The van der Waals surface area contributed by atoms with Crippen LogP contribution in [0.2, 0.25) is 0 Å². The van der Waals surface area contributed by atoms with Crippen molar-refractivity contribution in [1.82, 2.24) is 0 Å². The van der Waals surface area contributed by atoms with Gasteiger partial charge in [0.1, 0.15) is 0 Å². The van der Waals surface area contributed by atoms with Gasteiger partial charge in [-0.05, 0) is 0 Å². The van der Waals surface area contributed by atoms with Gasteiger partial charge in [-0.25, -0.2) is 0 Å². The first-order valence-corrected chi connectivity index (χ1v) is 0. The predicted octanol–water partition coefficient (Wildman–Crippen LogP) is 1.48. The molecular weight excluding hydrogens is 301 g/mol. The van der Waals surface area contributed by atoms with E-state index in [1.165, 1.54) is 0 Å². The molecule has 0 amide bonds. The summed E-state index contributed by atoms with van der Waals surface area (Å²) in [4.78, 5) is 0. The smallest absolute Gasteiger partial charge is 0 e. The minimum Gasteiger partial charge on any atom is -0.358 e. The molecule has 0 N–H and O–H groups in total. The zero-order valence-corrected chi connectivity index (χ0v) is 6.59. The fourth-order valence-corrected chi connectivity index (χ4v) is 0. The Morgan fingerprint density at radius 3 is 0.750 bits per heavy atom. The van der Waals surface area contributed by atoms with Gasteiger partial charge in [0.15, 0.2) is 0 Å². The third kappa shape index (κ3) is 10.7. The number of hydrogen-bond donors (Lipinski definition) is 0. The molecule has 4 heavy (non-hydrogen) atoms. The molecule has 0 aromatic rings. The normalized spacial score (nSPS) is 0. The average molecular weight is 308 g/mol. The van der Waals surface area contributed by atoms with E-state index in [-0.39, 0.29) is 54.2 Å². The molecule has 0 unspecified atom stereocenters. The van der Waals surface area contributed by atoms with Crippen molar-refractivity contribution in [1.29, 1.82) is 0 Å². The van der Waals surface area contributed by atoms with Crippen LogP contribution in [0, 0.1) is 14.9 Å². The maximum absolute atomic E-state index is 0. The Hall–Kier alpha value is 1.22. The standard InChI is InChI=1S/2CH3.Au.BrH/h2*1H3;;1H/q2*-1;;. The van der Waals surface area contributed by atoms with Crippen LogP contribution in [0.3, 0.4) is 0 Å². The Morgan fingerprint density at radius 1 is 0.750 bits per heavy atom. The molecular formula is C2H7AuBr-2. The van der Waals surface area contributed by atoms with Crippen molar-refractivity contribution < 1.29 is 22.4 Å². The molecule has 0 saturated heterocycles. The first-order chi connectivity index (χ1) is 0. The predicted molar refractivity (Wildman–Crippen MR) is 23.1 cm³/mol. The molecule has 0 rings (SSSR count). The Kier molecular flexibility index (Phi) is 459. The van der Waals surface area contributed by atoms with Crippen molar-refractivity contribution in [2.75, 3.05) is 0 Å². The topological polar surface area (TPSA) is 0 Å². The molecule has 0 fully saturated rings. The van der Waals surface area contributed by atoms with Gasteiger partial charge in [0.2, 0.25) is 0 Å². The van der Waals surface area contributed by atoms with Crippen LogP contribution in [-0.2, 0) is 22.4 Å². The van der Waals surface area contributed by atoms with E-state index >= 15 is 0 Å². The summed E-state index contributed by atoms with van der Waals surface area (Å²) in [5.41, 5.74) is 0. The molecule has 0 aromatic heterocycles. The van der Waals surface area contributed by atoms with Crippen LogP contribution in [-0.4, -0.2) is 0 Å². The summed E-state index contributed by atoms with van der Waals surface area (Å²) in [6.45, 7) is 0. The van der Waals surface area contributed by atoms with Crippen LogP contribution in [0.5, 0.6) is 0 Å². The van der Waals surface area contributed by atoms with E-state index in [9.17, 15) is 0 Å². The molecule has 0 spiro atoms. The molecule has 0 aliphatic heterocycles. The van der Waals surface area contributed by atoms with Crippen LogP contribution < -0.4 is 0 Å². The summed E-state index contributed by atoms with van der Waals surface area (Å²) >= 11 is 0. The Balaban J connectivity index is 0. The van der Waals surface area contributed by atoms with Gasteiger partial charge < -0.3 is 14.9 Å². The molecule has 0 bridgehead atoms. The summed E-state index contributed by atoms with van der Waals surface area (Å²) in [6.07, 6.45) is 0. The molecule has 0 nitrogen and oxygen atoms in total. The first-order valence-electron chi connectivity index (χ1n) is 0. The van der Waals surface area contributed by atoms with E-state index in [1.54, 1.807) is 0 Å². The number of halogens is 1. The van der Waals surface area contributed by atoms with Crippen molar-refractivity contribution in [3.8, 4) is 0 Å². The average Bonchev–Trinajstić information content (AvgIpc) is 0. The Bertz CT molecular complexity index is 6.00. The van der Waals surface area contributed by atoms with Crippen molar-refractivity contribution in [2.24, 2.45) is 0 Å². The zero-order valence-electron chi connectivity index (χ0n) is 2.71. The van der Waals surface area contributed by atoms with Gasteiger partial charge in [0.05, 0.1) is 0 Å². The van der Waals surface area contributed by atoms with Crippen LogP contribution in [0.4, 0.5) is 0 Å². The van der Waals surface area contributed by atoms with Crippen LogP contribution in [0.25, 0.3) is 0 Å². The van der Waals surface area contributed by atoms with E-state index in [0.29, 0.717) is 0 Å². The molecule has 0 saturated carbocycles. The molecule has 1 radical (unpaired) electrons. The molecule has 0 heterocycles. The molecule has 0 atom stereocenters. The summed E-state index contributed by atoms with van der Waals surface area (Å²) in [5.74, 6) is 0. The number of rotatable bonds is 0. The molecule has 0 aliphatic carbocycles. The Labute approximate surface area is 54.3 Å². The maximum Gasteiger partial charge on any atom is 0 e. The van der Waals surface area contributed by atoms with Gasteiger partial charge in [0, 0.05) is 22.4 Å². The fourth-order valence-electron chi connectivity index (χ4n) is 0. The van der Waals surface area contributed by atoms with E-state index < -0.39 is 0 Å². The van der Waals surface area contributed by atoms with Crippen LogP contribution in [0.1, 0.15) is 0 Å². The van der Waals surface area contributed by atoms with Crippen molar-refractivity contribution in [3.63, 3.8) is 0 Å². The molecule has 2 heteroatoms. The summed E-state index contributed by atoms with van der Waals surface area (Å²) in [5, 5.41) is 0. The second-order valence-electron chi connectivity index (χ2n) is 0. The maximum atomic E-state index is 0. The van der Waals surface area contributed by atoms with E-state index in [1.807, 2.05) is 0 Å². The van der Waals surface area contributed by atoms with Crippen molar-refractivity contribution in [3.05, 3.63) is 14.9 Å². The van der Waals surface area contributed by atoms with Crippen LogP contribution in [0.15, 0.2) is 0 Å². The quantitative estimate of drug-likeness (QED) is 0.470. The number of hydrogen-bond acceptors (Lipinski definition) is 0. The van der Waals surface area contributed by atoms with Gasteiger partial charge in [-0.1, -0.05) is 0 Å². The molecule has 0 aromatic carbocycles. The molecule has 35 valence electrons. The van der Waals surface area contributed by atoms with Crippen molar-refractivity contribution >= 4 is 17.0 Å². The van der Waals surface area contributed by atoms with E-state index in [4.69, 9.17) is 0 Å². The van der Waals surface area contributed by atoms with Crippen molar-refractivity contribution in [2.45, 2.75) is 0 Å². The zero-order chi connectivity index (χ0) is 0. The minimum absolute atomic E-state index is 0. The molecule has 0 aliphatic rings. The van der Waals surface area contributed by atoms with Crippen LogP contribution >= 0.6 is 17.0 Å². The largest absolute Gasteiger partial charge is 0.358 e. The third-order valence-electron chi connectivity index (χ3n) is 0. The second-order valence-corrected chi connectivity index (χ2v) is 0. The third-order valence-corrected chi connectivity index (χ3v) is 0. The second kappa shape index (κ2) is 29.4. The van der Waals surface area contributed by atoms with Gasteiger partial charge in [-0.3, -0.25) is 0 Å². The van der Waals surface area contributed by atoms with Gasteiger partial charge in [-0.15, -0.1) is 17.0 Å². The Morgan fingerprint density at radius 2 is 0.750 bits per heavy atom.